The Hall–Kier alpha value is -3.36. The average Bonchev–Trinajstić information content (AvgIpc) is 2.88. The number of rotatable bonds is 18. The Morgan fingerprint density at radius 3 is 2.03 bits per heavy atom. The van der Waals surface area contributed by atoms with Crippen LogP contribution in [0.1, 0.15) is 37.7 Å². The molecule has 14 heteroatoms. The molecule has 0 saturated carbocycles. The van der Waals surface area contributed by atoms with Crippen molar-refractivity contribution in [1.82, 2.24) is 16.0 Å². The molecule has 0 spiro atoms. The van der Waals surface area contributed by atoms with Crippen molar-refractivity contribution in [1.29, 1.82) is 0 Å². The van der Waals surface area contributed by atoms with Crippen molar-refractivity contribution >= 4 is 42.3 Å². The molecule has 1 rings (SSSR count). The molecule has 4 atom stereocenters. The lowest BCUT2D eigenvalue weighted by Crippen LogP contribution is -2.57. The summed E-state index contributed by atoms with van der Waals surface area (Å²) < 4.78 is 0. The van der Waals surface area contributed by atoms with E-state index >= 15 is 0 Å². The van der Waals surface area contributed by atoms with E-state index in [0.717, 1.165) is 5.56 Å². The number of guanidine groups is 1. The molecule has 0 saturated heterocycles. The Labute approximate surface area is 228 Å². The first-order valence-electron chi connectivity index (χ1n) is 12.4. The molecule has 0 fully saturated rings. The molecular weight excluding hydrogens is 512 g/mol. The summed E-state index contributed by atoms with van der Waals surface area (Å²) in [6.45, 7) is 0.624. The van der Waals surface area contributed by atoms with E-state index < -0.39 is 47.9 Å². The number of nitrogens with two attached hydrogens (primary N) is 4. The zero-order chi connectivity index (χ0) is 28.5. The number of carboxylic acids is 1. The number of carboxylic acid groups (broad SMARTS) is 1. The molecule has 0 bridgehead atoms. The van der Waals surface area contributed by atoms with E-state index in [2.05, 4.69) is 33.6 Å². The Balaban J connectivity index is 2.88. The highest BCUT2D eigenvalue weighted by molar-refractivity contribution is 7.80. The maximum atomic E-state index is 13.1. The van der Waals surface area contributed by atoms with Crippen molar-refractivity contribution in [3.8, 4) is 0 Å². The first-order valence-corrected chi connectivity index (χ1v) is 13.0. The van der Waals surface area contributed by atoms with Gasteiger partial charge in [0.25, 0.3) is 0 Å². The summed E-state index contributed by atoms with van der Waals surface area (Å²) >= 11 is 4.13. The van der Waals surface area contributed by atoms with Crippen LogP contribution in [0.4, 0.5) is 0 Å². The molecular formula is C24H40N8O5S. The minimum atomic E-state index is -1.20. The van der Waals surface area contributed by atoms with Crippen LogP contribution in [0.3, 0.4) is 0 Å². The third-order valence-electron chi connectivity index (χ3n) is 5.59. The second-order valence-electron chi connectivity index (χ2n) is 8.73. The first kappa shape index (κ1) is 32.7. The smallest absolute Gasteiger partial charge is 0.326 e. The Bertz CT molecular complexity index is 930. The van der Waals surface area contributed by atoms with E-state index in [9.17, 15) is 24.3 Å². The normalized spacial score (nSPS) is 13.9. The fraction of sp³-hybridized carbons (Fsp3) is 0.542. The van der Waals surface area contributed by atoms with Gasteiger partial charge in [-0.15, -0.1) is 0 Å². The number of hydrogen-bond acceptors (Lipinski definition) is 8. The molecule has 212 valence electrons. The van der Waals surface area contributed by atoms with Gasteiger partial charge in [-0.25, -0.2) is 4.79 Å². The Kier molecular flexibility index (Phi) is 15.5. The largest absolute Gasteiger partial charge is 0.480 e. The molecule has 0 aliphatic heterocycles. The summed E-state index contributed by atoms with van der Waals surface area (Å²) in [6, 6.07) is 4.93. The van der Waals surface area contributed by atoms with Crippen LogP contribution in [-0.4, -0.2) is 77.8 Å². The summed E-state index contributed by atoms with van der Waals surface area (Å²) in [5.74, 6) is -3.31. The minimum absolute atomic E-state index is 0.102. The second-order valence-corrected chi connectivity index (χ2v) is 9.10. The predicted molar refractivity (Wildman–Crippen MR) is 148 cm³/mol. The predicted octanol–water partition coefficient (Wildman–Crippen LogP) is -1.79. The lowest BCUT2D eigenvalue weighted by Gasteiger charge is -2.24. The van der Waals surface area contributed by atoms with E-state index in [1.807, 2.05) is 30.3 Å². The van der Waals surface area contributed by atoms with Gasteiger partial charge in [0.05, 0.1) is 6.04 Å². The van der Waals surface area contributed by atoms with Gasteiger partial charge in [-0.05, 0) is 50.6 Å². The van der Waals surface area contributed by atoms with Crippen molar-refractivity contribution < 1.29 is 24.3 Å². The topological polar surface area (TPSA) is 241 Å². The molecule has 1 aromatic carbocycles. The molecule has 3 amide bonds. The van der Waals surface area contributed by atoms with E-state index in [4.69, 9.17) is 22.9 Å². The maximum Gasteiger partial charge on any atom is 0.326 e. The number of thiol groups is 1. The molecule has 13 nitrogen and oxygen atoms in total. The van der Waals surface area contributed by atoms with Gasteiger partial charge in [-0.3, -0.25) is 19.4 Å². The van der Waals surface area contributed by atoms with Crippen molar-refractivity contribution in [2.75, 3.05) is 18.8 Å². The average molecular weight is 553 g/mol. The number of aliphatic carboxylic acids is 1. The van der Waals surface area contributed by atoms with Gasteiger partial charge in [-0.2, -0.15) is 12.6 Å². The zero-order valence-corrected chi connectivity index (χ0v) is 22.2. The molecule has 0 heterocycles. The number of aliphatic imine (C=N–C) groups is 1. The number of carbonyl (C=O) groups is 4. The van der Waals surface area contributed by atoms with Gasteiger partial charge in [0, 0.05) is 12.3 Å². The zero-order valence-electron chi connectivity index (χ0n) is 21.3. The highest BCUT2D eigenvalue weighted by atomic mass is 32.1. The van der Waals surface area contributed by atoms with E-state index in [1.54, 1.807) is 0 Å². The van der Waals surface area contributed by atoms with Crippen LogP contribution in [0.25, 0.3) is 0 Å². The second kappa shape index (κ2) is 18.0. The molecule has 0 aromatic heterocycles. The summed E-state index contributed by atoms with van der Waals surface area (Å²) in [4.78, 5) is 54.0. The van der Waals surface area contributed by atoms with E-state index in [1.165, 1.54) is 0 Å². The minimum Gasteiger partial charge on any atom is -0.480 e. The molecule has 38 heavy (non-hydrogen) atoms. The van der Waals surface area contributed by atoms with Gasteiger partial charge in [0.1, 0.15) is 18.1 Å². The summed E-state index contributed by atoms with van der Waals surface area (Å²) in [5, 5.41) is 17.0. The third-order valence-corrected chi connectivity index (χ3v) is 5.96. The number of unbranched alkanes of at least 4 members (excludes halogenated alkanes) is 1. The molecule has 4 unspecified atom stereocenters. The monoisotopic (exact) mass is 552 g/mol. The van der Waals surface area contributed by atoms with Crippen molar-refractivity contribution in [3.63, 3.8) is 0 Å². The van der Waals surface area contributed by atoms with Crippen LogP contribution >= 0.6 is 12.6 Å². The van der Waals surface area contributed by atoms with E-state index in [-0.39, 0.29) is 37.5 Å². The lowest BCUT2D eigenvalue weighted by molar-refractivity contribution is -0.142. The molecule has 0 radical (unpaired) electrons. The summed E-state index contributed by atoms with van der Waals surface area (Å²) in [7, 11) is 0. The van der Waals surface area contributed by atoms with Crippen LogP contribution < -0.4 is 38.9 Å². The number of amides is 3. The highest BCUT2D eigenvalue weighted by Gasteiger charge is 2.29. The highest BCUT2D eigenvalue weighted by Crippen LogP contribution is 2.06. The quantitative estimate of drug-likeness (QED) is 0.0431. The summed E-state index contributed by atoms with van der Waals surface area (Å²) in [6.07, 6.45) is 2.08. The maximum absolute atomic E-state index is 13.1. The van der Waals surface area contributed by atoms with Crippen molar-refractivity contribution in [3.05, 3.63) is 35.9 Å². The fourth-order valence-corrected chi connectivity index (χ4v) is 3.76. The number of nitrogens with one attached hydrogen (secondary N) is 3. The number of carbonyl (C=O) groups excluding carboxylic acids is 3. The molecule has 1 aromatic rings. The third kappa shape index (κ3) is 12.7. The SMILES string of the molecule is NCCCCC(NC(=O)C(CS)NC(=O)C(CCCN=C(N)N)NC(=O)C(N)Cc1ccccc1)C(=O)O. The van der Waals surface area contributed by atoms with Crippen molar-refractivity contribution in [2.24, 2.45) is 27.9 Å². The van der Waals surface area contributed by atoms with Gasteiger partial charge in [-0.1, -0.05) is 30.3 Å². The lowest BCUT2D eigenvalue weighted by atomic mass is 10.0. The van der Waals surface area contributed by atoms with Gasteiger partial charge in [0.15, 0.2) is 5.96 Å². The van der Waals surface area contributed by atoms with Gasteiger partial charge >= 0.3 is 5.97 Å². The molecule has 0 aliphatic carbocycles. The number of nitrogens with zero attached hydrogens (tertiary/aromatic N) is 1. The fourth-order valence-electron chi connectivity index (χ4n) is 3.50. The molecule has 12 N–H and O–H groups in total. The molecule has 0 aliphatic rings. The first-order chi connectivity index (χ1) is 18.1. The van der Waals surface area contributed by atoms with Crippen molar-refractivity contribution in [2.45, 2.75) is 62.7 Å². The standard InChI is InChI=1S/C24H40N8O5S/c25-11-5-4-9-18(23(36)37)31-22(35)19(14-38)32-21(34)17(10-6-12-29-24(27)28)30-20(33)16(26)13-15-7-2-1-3-8-15/h1-3,7-8,16-19,38H,4-6,9-14,25-26H2,(H,30,33)(H,31,35)(H,32,34)(H,36,37)(H4,27,28,29). The Morgan fingerprint density at radius 2 is 1.45 bits per heavy atom. The summed E-state index contributed by atoms with van der Waals surface area (Å²) in [5.41, 5.74) is 23.0. The Morgan fingerprint density at radius 1 is 0.868 bits per heavy atom. The van der Waals surface area contributed by atoms with Gasteiger partial charge < -0.3 is 44.0 Å². The number of hydrogen-bond donors (Lipinski definition) is 9. The van der Waals surface area contributed by atoms with Gasteiger partial charge in [0.2, 0.25) is 17.7 Å². The van der Waals surface area contributed by atoms with E-state index in [0.29, 0.717) is 25.8 Å². The van der Waals surface area contributed by atoms with Crippen LogP contribution in [0, 0.1) is 0 Å². The van der Waals surface area contributed by atoms with Crippen LogP contribution in [0.5, 0.6) is 0 Å². The number of benzene rings is 1. The van der Waals surface area contributed by atoms with Crippen LogP contribution in [0.15, 0.2) is 35.3 Å². The van der Waals surface area contributed by atoms with Crippen LogP contribution in [-0.2, 0) is 25.6 Å². The van der Waals surface area contributed by atoms with Crippen LogP contribution in [0.2, 0.25) is 0 Å².